The van der Waals surface area contributed by atoms with E-state index in [1.54, 1.807) is 4.90 Å². The predicted octanol–water partition coefficient (Wildman–Crippen LogP) is 1.12. The van der Waals surface area contributed by atoms with Crippen LogP contribution in [0.25, 0.3) is 0 Å². The summed E-state index contributed by atoms with van der Waals surface area (Å²) < 4.78 is 1.87. The van der Waals surface area contributed by atoms with Crippen LogP contribution in [0.5, 0.6) is 0 Å². The van der Waals surface area contributed by atoms with Crippen LogP contribution in [0.2, 0.25) is 0 Å². The largest absolute Gasteiger partial charge is 0.396 e. The Balaban J connectivity index is 2.31. The van der Waals surface area contributed by atoms with Crippen LogP contribution in [-0.4, -0.2) is 33.9 Å². The molecule has 0 aliphatic carbocycles. The zero-order valence-electron chi connectivity index (χ0n) is 10.6. The second-order valence-corrected chi connectivity index (χ2v) is 4.94. The van der Waals surface area contributed by atoms with Crippen molar-refractivity contribution in [2.45, 2.75) is 33.2 Å². The van der Waals surface area contributed by atoms with E-state index in [1.165, 1.54) is 0 Å². The third-order valence-electron chi connectivity index (χ3n) is 3.07. The lowest BCUT2D eigenvalue weighted by molar-refractivity contribution is -0.117. The molecule has 2 heterocycles. The van der Waals surface area contributed by atoms with Crippen LogP contribution < -0.4 is 4.90 Å². The standard InChI is InChI=1S/C12H19N3O2/c1-8(2)15-11(4-9(3)13-15)14-6-10(7-16)5-12(14)17/h4,8,10,16H,5-7H2,1-3H3. The molecular weight excluding hydrogens is 218 g/mol. The molecule has 1 N–H and O–H groups in total. The molecule has 1 aromatic heterocycles. The van der Waals surface area contributed by atoms with E-state index in [0.29, 0.717) is 13.0 Å². The van der Waals surface area contributed by atoms with Gasteiger partial charge < -0.3 is 5.11 Å². The Kier molecular flexibility index (Phi) is 3.19. The molecule has 1 fully saturated rings. The van der Waals surface area contributed by atoms with Crippen molar-refractivity contribution in [1.29, 1.82) is 0 Å². The highest BCUT2D eigenvalue weighted by atomic mass is 16.3. The Labute approximate surface area is 101 Å². The molecule has 1 saturated heterocycles. The monoisotopic (exact) mass is 237 g/mol. The van der Waals surface area contributed by atoms with Crippen LogP contribution in [-0.2, 0) is 4.79 Å². The smallest absolute Gasteiger partial charge is 0.228 e. The number of nitrogens with zero attached hydrogens (tertiary/aromatic N) is 3. The molecular formula is C12H19N3O2. The molecule has 5 heteroatoms. The summed E-state index contributed by atoms with van der Waals surface area (Å²) in [5.74, 6) is 0.975. The first kappa shape index (κ1) is 12.1. The lowest BCUT2D eigenvalue weighted by Gasteiger charge is -2.19. The fourth-order valence-corrected chi connectivity index (χ4v) is 2.21. The van der Waals surface area contributed by atoms with Gasteiger partial charge in [0.15, 0.2) is 0 Å². The minimum atomic E-state index is 0.0540. The molecule has 0 bridgehead atoms. The van der Waals surface area contributed by atoms with Crippen LogP contribution in [0, 0.1) is 12.8 Å². The normalized spacial score (nSPS) is 20.6. The van der Waals surface area contributed by atoms with E-state index in [2.05, 4.69) is 5.10 Å². The molecule has 0 radical (unpaired) electrons. The number of aryl methyl sites for hydroxylation is 1. The van der Waals surface area contributed by atoms with Gasteiger partial charge in [-0.1, -0.05) is 0 Å². The van der Waals surface area contributed by atoms with Crippen molar-refractivity contribution in [2.24, 2.45) is 5.92 Å². The van der Waals surface area contributed by atoms with Gasteiger partial charge in [0, 0.05) is 37.6 Å². The summed E-state index contributed by atoms with van der Waals surface area (Å²) in [7, 11) is 0. The number of amides is 1. The van der Waals surface area contributed by atoms with E-state index < -0.39 is 0 Å². The van der Waals surface area contributed by atoms with E-state index in [1.807, 2.05) is 31.5 Å². The van der Waals surface area contributed by atoms with Gasteiger partial charge in [0.25, 0.3) is 0 Å². The number of carbonyl (C=O) groups is 1. The summed E-state index contributed by atoms with van der Waals surface area (Å²) in [6.07, 6.45) is 0.429. The van der Waals surface area contributed by atoms with E-state index in [9.17, 15) is 4.79 Å². The SMILES string of the molecule is Cc1cc(N2CC(CO)CC2=O)n(C(C)C)n1. The summed E-state index contributed by atoms with van der Waals surface area (Å²) in [5.41, 5.74) is 0.911. The highest BCUT2D eigenvalue weighted by Gasteiger charge is 2.32. The second kappa shape index (κ2) is 4.49. The molecule has 94 valence electrons. The Morgan fingerprint density at radius 2 is 2.29 bits per heavy atom. The van der Waals surface area contributed by atoms with Gasteiger partial charge >= 0.3 is 0 Å². The third-order valence-corrected chi connectivity index (χ3v) is 3.07. The molecule has 0 spiro atoms. The Morgan fingerprint density at radius 3 is 2.82 bits per heavy atom. The van der Waals surface area contributed by atoms with E-state index >= 15 is 0 Å². The lowest BCUT2D eigenvalue weighted by Crippen LogP contribution is -2.28. The molecule has 0 aromatic carbocycles. The topological polar surface area (TPSA) is 58.4 Å². The van der Waals surface area contributed by atoms with Crippen molar-refractivity contribution in [3.05, 3.63) is 11.8 Å². The zero-order chi connectivity index (χ0) is 12.6. The molecule has 1 atom stereocenters. The number of anilines is 1. The molecule has 1 amide bonds. The molecule has 1 aliphatic heterocycles. The number of hydrogen-bond acceptors (Lipinski definition) is 3. The maximum Gasteiger partial charge on any atom is 0.228 e. The molecule has 17 heavy (non-hydrogen) atoms. The van der Waals surface area contributed by atoms with Crippen molar-refractivity contribution >= 4 is 11.7 Å². The number of rotatable bonds is 3. The first-order valence-corrected chi connectivity index (χ1v) is 6.00. The molecule has 1 aliphatic rings. The number of aliphatic hydroxyl groups excluding tert-OH is 1. The van der Waals surface area contributed by atoms with Gasteiger partial charge in [-0.2, -0.15) is 5.10 Å². The summed E-state index contributed by atoms with van der Waals surface area (Å²) >= 11 is 0. The fraction of sp³-hybridized carbons (Fsp3) is 0.667. The van der Waals surface area contributed by atoms with Crippen LogP contribution in [0.3, 0.4) is 0 Å². The van der Waals surface area contributed by atoms with E-state index in [0.717, 1.165) is 11.5 Å². The Morgan fingerprint density at radius 1 is 1.59 bits per heavy atom. The minimum Gasteiger partial charge on any atom is -0.396 e. The van der Waals surface area contributed by atoms with Gasteiger partial charge in [0.1, 0.15) is 5.82 Å². The quantitative estimate of drug-likeness (QED) is 0.857. The molecule has 5 nitrogen and oxygen atoms in total. The molecule has 2 rings (SSSR count). The second-order valence-electron chi connectivity index (χ2n) is 4.94. The number of carbonyl (C=O) groups excluding carboxylic acids is 1. The summed E-state index contributed by atoms with van der Waals surface area (Å²) in [6, 6.07) is 2.15. The van der Waals surface area contributed by atoms with Crippen molar-refractivity contribution in [3.8, 4) is 0 Å². The van der Waals surface area contributed by atoms with E-state index in [4.69, 9.17) is 5.11 Å². The van der Waals surface area contributed by atoms with Crippen molar-refractivity contribution in [3.63, 3.8) is 0 Å². The molecule has 0 saturated carbocycles. The van der Waals surface area contributed by atoms with Gasteiger partial charge in [-0.15, -0.1) is 0 Å². The summed E-state index contributed by atoms with van der Waals surface area (Å²) in [4.78, 5) is 13.6. The van der Waals surface area contributed by atoms with Crippen molar-refractivity contribution < 1.29 is 9.90 Å². The predicted molar refractivity (Wildman–Crippen MR) is 64.9 cm³/mol. The Hall–Kier alpha value is -1.36. The zero-order valence-corrected chi connectivity index (χ0v) is 10.6. The lowest BCUT2D eigenvalue weighted by atomic mass is 10.1. The van der Waals surface area contributed by atoms with E-state index in [-0.39, 0.29) is 24.5 Å². The van der Waals surface area contributed by atoms with Gasteiger partial charge in [0.05, 0.1) is 5.69 Å². The highest BCUT2D eigenvalue weighted by molar-refractivity contribution is 5.95. The number of hydrogen-bond donors (Lipinski definition) is 1. The van der Waals surface area contributed by atoms with Crippen LogP contribution in [0.1, 0.15) is 32.0 Å². The first-order chi connectivity index (χ1) is 8.02. The first-order valence-electron chi connectivity index (χ1n) is 6.00. The maximum absolute atomic E-state index is 11.9. The van der Waals surface area contributed by atoms with Gasteiger partial charge in [0.2, 0.25) is 5.91 Å². The maximum atomic E-state index is 11.9. The van der Waals surface area contributed by atoms with Crippen LogP contribution in [0.4, 0.5) is 5.82 Å². The summed E-state index contributed by atoms with van der Waals surface area (Å²) in [6.45, 7) is 6.66. The molecule has 1 aromatic rings. The third kappa shape index (κ3) is 2.20. The summed E-state index contributed by atoms with van der Waals surface area (Å²) in [5, 5.41) is 13.5. The van der Waals surface area contributed by atoms with Crippen LogP contribution in [0.15, 0.2) is 6.07 Å². The van der Waals surface area contributed by atoms with Crippen molar-refractivity contribution in [2.75, 3.05) is 18.1 Å². The van der Waals surface area contributed by atoms with Crippen molar-refractivity contribution in [1.82, 2.24) is 9.78 Å². The number of aliphatic hydroxyl groups is 1. The van der Waals surface area contributed by atoms with Crippen LogP contribution >= 0.6 is 0 Å². The van der Waals surface area contributed by atoms with Gasteiger partial charge in [-0.25, -0.2) is 4.68 Å². The van der Waals surface area contributed by atoms with Gasteiger partial charge in [-0.3, -0.25) is 9.69 Å². The number of aromatic nitrogens is 2. The Bertz CT molecular complexity index is 425. The van der Waals surface area contributed by atoms with Gasteiger partial charge in [-0.05, 0) is 20.8 Å². The minimum absolute atomic E-state index is 0.0540. The fourth-order valence-electron chi connectivity index (χ4n) is 2.21. The average molecular weight is 237 g/mol. The highest BCUT2D eigenvalue weighted by Crippen LogP contribution is 2.27. The average Bonchev–Trinajstić information content (AvgIpc) is 2.81. The molecule has 1 unspecified atom stereocenters.